The van der Waals surface area contributed by atoms with E-state index in [0.29, 0.717) is 24.5 Å². The molecule has 2 heteroatoms. The Morgan fingerprint density at radius 2 is 2.13 bits per heavy atom. The number of carbonyl (C=O) groups excluding carboxylic acids is 1. The predicted octanol–water partition coefficient (Wildman–Crippen LogP) is 3.36. The molecule has 0 spiro atoms. The molecule has 0 radical (unpaired) electrons. The first-order valence-corrected chi connectivity index (χ1v) is 5.84. The molecule has 0 aliphatic rings. The van der Waals surface area contributed by atoms with E-state index < -0.39 is 0 Å². The van der Waals surface area contributed by atoms with E-state index in [2.05, 4.69) is 20.4 Å². The summed E-state index contributed by atoms with van der Waals surface area (Å²) >= 11 is 0. The van der Waals surface area contributed by atoms with Crippen molar-refractivity contribution in [2.45, 2.75) is 46.5 Å². The second-order valence-electron chi connectivity index (χ2n) is 4.28. The zero-order valence-corrected chi connectivity index (χ0v) is 10.3. The zero-order valence-electron chi connectivity index (χ0n) is 10.3. The number of ether oxygens (including phenoxy) is 1. The topological polar surface area (TPSA) is 26.3 Å². The van der Waals surface area contributed by atoms with E-state index in [0.717, 1.165) is 6.61 Å². The molecule has 0 aliphatic carbocycles. The van der Waals surface area contributed by atoms with Gasteiger partial charge in [0.15, 0.2) is 5.78 Å². The second-order valence-corrected chi connectivity index (χ2v) is 4.28. The van der Waals surface area contributed by atoms with Gasteiger partial charge in [-0.15, -0.1) is 0 Å². The van der Waals surface area contributed by atoms with Crippen molar-refractivity contribution < 1.29 is 9.53 Å². The third-order valence-corrected chi connectivity index (χ3v) is 2.40. The molecule has 1 atom stereocenters. The monoisotopic (exact) mass is 212 g/mol. The van der Waals surface area contributed by atoms with Crippen molar-refractivity contribution in [2.24, 2.45) is 5.92 Å². The Bertz CT molecular complexity index is 197. The largest absolute Gasteiger partial charge is 0.381 e. The Kier molecular flexibility index (Phi) is 8.30. The van der Waals surface area contributed by atoms with Crippen LogP contribution in [0, 0.1) is 5.92 Å². The van der Waals surface area contributed by atoms with Gasteiger partial charge in [0.05, 0.1) is 6.61 Å². The van der Waals surface area contributed by atoms with Crippen LogP contribution in [0.15, 0.2) is 12.2 Å². The normalized spacial score (nSPS) is 12.5. The van der Waals surface area contributed by atoms with E-state index in [1.54, 1.807) is 6.92 Å². The number of unbranched alkanes of at least 4 members (excludes halogenated alkanes) is 1. The average Bonchev–Trinajstić information content (AvgIpc) is 2.20. The first-order valence-electron chi connectivity index (χ1n) is 5.84. The van der Waals surface area contributed by atoms with Crippen molar-refractivity contribution in [3.8, 4) is 0 Å². The Morgan fingerprint density at radius 1 is 1.47 bits per heavy atom. The molecular formula is C13H24O2. The van der Waals surface area contributed by atoms with Gasteiger partial charge in [0.25, 0.3) is 0 Å². The molecule has 0 bridgehead atoms. The number of allylic oxidation sites excluding steroid dienone is 1. The van der Waals surface area contributed by atoms with Gasteiger partial charge in [0.1, 0.15) is 0 Å². The van der Waals surface area contributed by atoms with E-state index in [4.69, 9.17) is 4.74 Å². The van der Waals surface area contributed by atoms with E-state index >= 15 is 0 Å². The first kappa shape index (κ1) is 14.4. The van der Waals surface area contributed by atoms with Crippen LogP contribution in [0.5, 0.6) is 0 Å². The smallest absolute Gasteiger partial charge is 0.160 e. The molecule has 0 aromatic rings. The van der Waals surface area contributed by atoms with Crippen LogP contribution in [-0.2, 0) is 9.53 Å². The predicted molar refractivity (Wildman–Crippen MR) is 63.9 cm³/mol. The molecule has 0 aromatic heterocycles. The summed E-state index contributed by atoms with van der Waals surface area (Å²) in [6, 6.07) is 0. The summed E-state index contributed by atoms with van der Waals surface area (Å²) < 4.78 is 5.45. The van der Waals surface area contributed by atoms with Gasteiger partial charge in [0.2, 0.25) is 0 Å². The van der Waals surface area contributed by atoms with Gasteiger partial charge in [-0.1, -0.05) is 33.3 Å². The summed E-state index contributed by atoms with van der Waals surface area (Å²) in [5, 5.41) is 0. The van der Waals surface area contributed by atoms with Gasteiger partial charge < -0.3 is 4.74 Å². The molecule has 2 nitrogen and oxygen atoms in total. The maximum atomic E-state index is 11.2. The molecule has 15 heavy (non-hydrogen) atoms. The standard InChI is InChI=1S/C13H24O2/c1-5-6-7-12(4)10-15-9-8-13(14)11(2)3/h12H,2,5-10H2,1,3-4H3. The van der Waals surface area contributed by atoms with Gasteiger partial charge in [-0.05, 0) is 24.8 Å². The minimum absolute atomic E-state index is 0.108. The summed E-state index contributed by atoms with van der Waals surface area (Å²) in [4.78, 5) is 11.2. The highest BCUT2D eigenvalue weighted by atomic mass is 16.5. The SMILES string of the molecule is C=C(C)C(=O)CCOCC(C)CCCC. The lowest BCUT2D eigenvalue weighted by Gasteiger charge is -2.10. The maximum Gasteiger partial charge on any atom is 0.160 e. The van der Waals surface area contributed by atoms with Crippen molar-refractivity contribution in [3.05, 3.63) is 12.2 Å². The minimum atomic E-state index is 0.108. The minimum Gasteiger partial charge on any atom is -0.381 e. The number of Topliss-reactive ketones (excluding diaryl/α,β-unsaturated/α-hetero) is 1. The van der Waals surface area contributed by atoms with Crippen LogP contribution in [0.3, 0.4) is 0 Å². The lowest BCUT2D eigenvalue weighted by atomic mass is 10.1. The van der Waals surface area contributed by atoms with Crippen molar-refractivity contribution in [1.82, 2.24) is 0 Å². The van der Waals surface area contributed by atoms with Crippen LogP contribution in [0.2, 0.25) is 0 Å². The number of hydrogen-bond donors (Lipinski definition) is 0. The van der Waals surface area contributed by atoms with Crippen molar-refractivity contribution in [1.29, 1.82) is 0 Å². The van der Waals surface area contributed by atoms with Crippen molar-refractivity contribution in [3.63, 3.8) is 0 Å². The lowest BCUT2D eigenvalue weighted by Crippen LogP contribution is -2.10. The summed E-state index contributed by atoms with van der Waals surface area (Å²) in [6.45, 7) is 11.0. The van der Waals surface area contributed by atoms with Crippen LogP contribution >= 0.6 is 0 Å². The third-order valence-electron chi connectivity index (χ3n) is 2.40. The molecule has 0 saturated carbocycles. The van der Waals surface area contributed by atoms with Crippen LogP contribution in [0.1, 0.15) is 46.5 Å². The molecule has 0 aliphatic heterocycles. The van der Waals surface area contributed by atoms with Crippen LogP contribution in [0.4, 0.5) is 0 Å². The molecule has 0 rings (SSSR count). The fourth-order valence-corrected chi connectivity index (χ4v) is 1.30. The molecule has 0 N–H and O–H groups in total. The van der Waals surface area contributed by atoms with E-state index in [-0.39, 0.29) is 5.78 Å². The van der Waals surface area contributed by atoms with Gasteiger partial charge in [-0.25, -0.2) is 0 Å². The molecule has 0 saturated heterocycles. The second kappa shape index (κ2) is 8.66. The summed E-state index contributed by atoms with van der Waals surface area (Å²) in [5.74, 6) is 0.709. The first-order chi connectivity index (χ1) is 7.07. The summed E-state index contributed by atoms with van der Waals surface area (Å²) in [6.07, 6.45) is 4.18. The van der Waals surface area contributed by atoms with E-state index in [9.17, 15) is 4.79 Å². The number of hydrogen-bond acceptors (Lipinski definition) is 2. The Morgan fingerprint density at radius 3 is 2.67 bits per heavy atom. The molecule has 88 valence electrons. The maximum absolute atomic E-state index is 11.2. The molecule has 0 heterocycles. The number of ketones is 1. The lowest BCUT2D eigenvalue weighted by molar-refractivity contribution is -0.116. The van der Waals surface area contributed by atoms with Crippen LogP contribution in [0.25, 0.3) is 0 Å². The highest BCUT2D eigenvalue weighted by Crippen LogP contribution is 2.08. The molecule has 0 aromatic carbocycles. The van der Waals surface area contributed by atoms with Gasteiger partial charge in [-0.2, -0.15) is 0 Å². The zero-order chi connectivity index (χ0) is 11.7. The van der Waals surface area contributed by atoms with Gasteiger partial charge >= 0.3 is 0 Å². The van der Waals surface area contributed by atoms with E-state index in [1.807, 2.05) is 0 Å². The molecule has 1 unspecified atom stereocenters. The average molecular weight is 212 g/mol. The molecule has 0 amide bonds. The fraction of sp³-hybridized carbons (Fsp3) is 0.769. The van der Waals surface area contributed by atoms with Crippen LogP contribution < -0.4 is 0 Å². The summed E-state index contributed by atoms with van der Waals surface area (Å²) in [5.41, 5.74) is 0.623. The van der Waals surface area contributed by atoms with Crippen molar-refractivity contribution >= 4 is 5.78 Å². The highest BCUT2D eigenvalue weighted by molar-refractivity contribution is 5.94. The Hall–Kier alpha value is -0.630. The van der Waals surface area contributed by atoms with Crippen LogP contribution in [-0.4, -0.2) is 19.0 Å². The molecule has 0 fully saturated rings. The van der Waals surface area contributed by atoms with Gasteiger partial charge in [-0.3, -0.25) is 4.79 Å². The summed E-state index contributed by atoms with van der Waals surface area (Å²) in [7, 11) is 0. The van der Waals surface area contributed by atoms with Gasteiger partial charge in [0, 0.05) is 13.0 Å². The quantitative estimate of drug-likeness (QED) is 0.432. The number of rotatable bonds is 9. The fourth-order valence-electron chi connectivity index (χ4n) is 1.30. The highest BCUT2D eigenvalue weighted by Gasteiger charge is 2.04. The molecular weight excluding hydrogens is 188 g/mol. The third kappa shape index (κ3) is 8.37. The Labute approximate surface area is 93.7 Å². The van der Waals surface area contributed by atoms with E-state index in [1.165, 1.54) is 19.3 Å². The van der Waals surface area contributed by atoms with Crippen molar-refractivity contribution in [2.75, 3.05) is 13.2 Å². The Balaban J connectivity index is 3.37. The number of carbonyl (C=O) groups is 1.